The lowest BCUT2D eigenvalue weighted by Gasteiger charge is -2.14. The molecule has 130 valence electrons. The van der Waals surface area contributed by atoms with Crippen LogP contribution in [0, 0.1) is 5.82 Å². The first-order valence-electron chi connectivity index (χ1n) is 7.00. The molecule has 0 amide bonds. The van der Waals surface area contributed by atoms with Crippen LogP contribution in [0.1, 0.15) is 0 Å². The van der Waals surface area contributed by atoms with Gasteiger partial charge in [-0.2, -0.15) is 0 Å². The van der Waals surface area contributed by atoms with Crippen molar-refractivity contribution in [2.24, 2.45) is 0 Å². The third kappa shape index (κ3) is 4.40. The molecule has 0 aliphatic carbocycles. The molecule has 1 aromatic carbocycles. The van der Waals surface area contributed by atoms with Gasteiger partial charge >= 0.3 is 0 Å². The van der Waals surface area contributed by atoms with Gasteiger partial charge in [-0.25, -0.2) is 17.5 Å². The van der Waals surface area contributed by atoms with Gasteiger partial charge < -0.3 is 14.4 Å². The number of aliphatic hydroxyl groups is 1. The lowest BCUT2D eigenvalue weighted by atomic mass is 10.3. The summed E-state index contributed by atoms with van der Waals surface area (Å²) in [6.07, 6.45) is 0.363. The van der Waals surface area contributed by atoms with Gasteiger partial charge in [-0.3, -0.25) is 4.79 Å². The second-order valence-corrected chi connectivity index (χ2v) is 6.76. The van der Waals surface area contributed by atoms with E-state index >= 15 is 0 Å². The molecule has 1 atom stereocenters. The fourth-order valence-electron chi connectivity index (χ4n) is 2.01. The molecule has 24 heavy (non-hydrogen) atoms. The highest BCUT2D eigenvalue weighted by Gasteiger charge is 2.18. The van der Waals surface area contributed by atoms with Gasteiger partial charge in [0.05, 0.1) is 24.7 Å². The first-order chi connectivity index (χ1) is 11.3. The highest BCUT2D eigenvalue weighted by Crippen LogP contribution is 2.20. The molecule has 1 heterocycles. The van der Waals surface area contributed by atoms with Crippen molar-refractivity contribution in [1.82, 2.24) is 9.29 Å². The van der Waals surface area contributed by atoms with Crippen LogP contribution in [-0.4, -0.2) is 37.8 Å². The lowest BCUT2D eigenvalue weighted by Crippen LogP contribution is -2.36. The molecule has 1 unspecified atom stereocenters. The normalized spacial score (nSPS) is 12.8. The molecule has 0 aliphatic rings. The van der Waals surface area contributed by atoms with E-state index < -0.39 is 21.9 Å². The summed E-state index contributed by atoms with van der Waals surface area (Å²) in [4.78, 5) is 11.2. The van der Waals surface area contributed by atoms with Crippen LogP contribution >= 0.6 is 0 Å². The molecular weight excluding hydrogens is 339 g/mol. The zero-order valence-corrected chi connectivity index (χ0v) is 13.7. The summed E-state index contributed by atoms with van der Waals surface area (Å²) in [5.41, 5.74) is -0.309. The standard InChI is InChI=1S/C15H17FN2O5S/c1-23-14-6-5-12(8-13(14)16)24(21,22)17-9-11(19)10-18-7-3-2-4-15(18)20/h2-8,11,17,19H,9-10H2,1H3. The summed E-state index contributed by atoms with van der Waals surface area (Å²) in [7, 11) is -2.73. The van der Waals surface area contributed by atoms with Crippen LogP contribution in [-0.2, 0) is 16.6 Å². The zero-order valence-electron chi connectivity index (χ0n) is 12.8. The molecule has 2 rings (SSSR count). The molecule has 0 saturated carbocycles. The number of sulfonamides is 1. The molecule has 7 nitrogen and oxygen atoms in total. The number of aliphatic hydroxyl groups excluding tert-OH is 1. The SMILES string of the molecule is COc1ccc(S(=O)(=O)NCC(O)Cn2ccccc2=O)cc1F. The van der Waals surface area contributed by atoms with Gasteiger partial charge in [0.2, 0.25) is 10.0 Å². The molecule has 0 bridgehead atoms. The van der Waals surface area contributed by atoms with E-state index in [0.717, 1.165) is 6.07 Å². The van der Waals surface area contributed by atoms with E-state index in [4.69, 9.17) is 4.74 Å². The second-order valence-electron chi connectivity index (χ2n) is 4.99. The number of hydrogen-bond acceptors (Lipinski definition) is 5. The number of halogens is 1. The molecular formula is C15H17FN2O5S. The van der Waals surface area contributed by atoms with Crippen molar-refractivity contribution in [3.8, 4) is 5.75 Å². The predicted molar refractivity (Wildman–Crippen MR) is 84.8 cm³/mol. The molecule has 0 radical (unpaired) electrons. The summed E-state index contributed by atoms with van der Waals surface area (Å²) >= 11 is 0. The van der Waals surface area contributed by atoms with Crippen molar-refractivity contribution in [2.45, 2.75) is 17.5 Å². The topological polar surface area (TPSA) is 97.6 Å². The highest BCUT2D eigenvalue weighted by molar-refractivity contribution is 7.89. The van der Waals surface area contributed by atoms with Gasteiger partial charge in [0, 0.05) is 18.8 Å². The zero-order chi connectivity index (χ0) is 17.7. The van der Waals surface area contributed by atoms with Crippen molar-refractivity contribution in [3.05, 3.63) is 58.8 Å². The van der Waals surface area contributed by atoms with Gasteiger partial charge in [0.1, 0.15) is 0 Å². The van der Waals surface area contributed by atoms with E-state index in [1.165, 1.54) is 36.1 Å². The van der Waals surface area contributed by atoms with E-state index in [1.807, 2.05) is 0 Å². The van der Waals surface area contributed by atoms with Crippen molar-refractivity contribution in [2.75, 3.05) is 13.7 Å². The average molecular weight is 356 g/mol. The van der Waals surface area contributed by atoms with E-state index in [0.29, 0.717) is 0 Å². The largest absolute Gasteiger partial charge is 0.494 e. The van der Waals surface area contributed by atoms with Gasteiger partial charge in [-0.05, 0) is 24.3 Å². The van der Waals surface area contributed by atoms with Crippen LogP contribution in [0.3, 0.4) is 0 Å². The van der Waals surface area contributed by atoms with Gasteiger partial charge in [0.15, 0.2) is 11.6 Å². The first kappa shape index (κ1) is 18.1. The van der Waals surface area contributed by atoms with Crippen molar-refractivity contribution >= 4 is 10.0 Å². The Morgan fingerprint density at radius 1 is 1.33 bits per heavy atom. The van der Waals surface area contributed by atoms with Crippen LogP contribution < -0.4 is 15.0 Å². The Labute approximate surface area is 138 Å². The Morgan fingerprint density at radius 2 is 2.08 bits per heavy atom. The maximum absolute atomic E-state index is 13.6. The number of nitrogens with one attached hydrogen (secondary N) is 1. The van der Waals surface area contributed by atoms with Crippen molar-refractivity contribution in [1.29, 1.82) is 0 Å². The monoisotopic (exact) mass is 356 g/mol. The fourth-order valence-corrected chi connectivity index (χ4v) is 3.09. The van der Waals surface area contributed by atoms with E-state index in [9.17, 15) is 22.7 Å². The van der Waals surface area contributed by atoms with Crippen LogP contribution in [0.4, 0.5) is 4.39 Å². The van der Waals surface area contributed by atoms with E-state index in [-0.39, 0.29) is 29.3 Å². The maximum atomic E-state index is 13.6. The van der Waals surface area contributed by atoms with E-state index in [1.54, 1.807) is 12.1 Å². The summed E-state index contributed by atoms with van der Waals surface area (Å²) in [6, 6.07) is 7.74. The minimum atomic E-state index is -4.00. The smallest absolute Gasteiger partial charge is 0.250 e. The Bertz CT molecular complexity index is 866. The third-order valence-electron chi connectivity index (χ3n) is 3.25. The Hall–Kier alpha value is -2.23. The molecule has 2 N–H and O–H groups in total. The Morgan fingerprint density at radius 3 is 2.71 bits per heavy atom. The second kappa shape index (κ2) is 7.56. The van der Waals surface area contributed by atoms with Crippen molar-refractivity contribution in [3.63, 3.8) is 0 Å². The van der Waals surface area contributed by atoms with Crippen LogP contribution in [0.5, 0.6) is 5.75 Å². The van der Waals surface area contributed by atoms with Gasteiger partial charge in [-0.15, -0.1) is 0 Å². The number of methoxy groups -OCH3 is 1. The highest BCUT2D eigenvalue weighted by atomic mass is 32.2. The molecule has 0 aliphatic heterocycles. The number of benzene rings is 1. The molecule has 0 fully saturated rings. The van der Waals surface area contributed by atoms with Gasteiger partial charge in [0.25, 0.3) is 5.56 Å². The number of hydrogen-bond donors (Lipinski definition) is 2. The fraction of sp³-hybridized carbons (Fsp3) is 0.267. The Balaban J connectivity index is 2.03. The van der Waals surface area contributed by atoms with Crippen LogP contribution in [0.2, 0.25) is 0 Å². The quantitative estimate of drug-likeness (QED) is 0.745. The van der Waals surface area contributed by atoms with Crippen LogP contribution in [0.15, 0.2) is 52.3 Å². The van der Waals surface area contributed by atoms with Gasteiger partial charge in [-0.1, -0.05) is 6.07 Å². The van der Waals surface area contributed by atoms with Crippen LogP contribution in [0.25, 0.3) is 0 Å². The number of rotatable bonds is 7. The molecule has 1 aromatic heterocycles. The first-order valence-corrected chi connectivity index (χ1v) is 8.48. The molecule has 2 aromatic rings. The minimum Gasteiger partial charge on any atom is -0.494 e. The average Bonchev–Trinajstić information content (AvgIpc) is 2.55. The predicted octanol–water partition coefficient (Wildman–Crippen LogP) is 0.335. The third-order valence-corrected chi connectivity index (χ3v) is 4.67. The number of nitrogens with zero attached hydrogens (tertiary/aromatic N) is 1. The number of aromatic nitrogens is 1. The van der Waals surface area contributed by atoms with E-state index in [2.05, 4.69) is 4.72 Å². The summed E-state index contributed by atoms with van der Waals surface area (Å²) in [5.74, 6) is -0.880. The molecule has 0 saturated heterocycles. The molecule has 9 heteroatoms. The number of ether oxygens (including phenoxy) is 1. The lowest BCUT2D eigenvalue weighted by molar-refractivity contribution is 0.156. The Kier molecular flexibility index (Phi) is 5.71. The maximum Gasteiger partial charge on any atom is 0.250 e. The molecule has 0 spiro atoms. The van der Waals surface area contributed by atoms with Crippen molar-refractivity contribution < 1.29 is 22.7 Å². The summed E-state index contributed by atoms with van der Waals surface area (Å²) in [6.45, 7) is -0.392. The summed E-state index contributed by atoms with van der Waals surface area (Å²) in [5, 5.41) is 9.89. The summed E-state index contributed by atoms with van der Waals surface area (Å²) < 4.78 is 46.0. The minimum absolute atomic E-state index is 0.0703. The number of pyridine rings is 1.